The van der Waals surface area contributed by atoms with Gasteiger partial charge in [-0.2, -0.15) is 0 Å². The van der Waals surface area contributed by atoms with Crippen LogP contribution in [0.3, 0.4) is 0 Å². The Balaban J connectivity index is 1.86. The third kappa shape index (κ3) is 4.45. The van der Waals surface area contributed by atoms with Crippen LogP contribution in [-0.2, 0) is 16.0 Å². The number of esters is 1. The zero-order chi connectivity index (χ0) is 15.8. The Labute approximate surface area is 129 Å². The minimum Gasteiger partial charge on any atom is -0.493 e. The molecule has 0 heterocycles. The molecule has 0 aliphatic rings. The molecule has 0 radical (unpaired) electrons. The molecule has 4 nitrogen and oxygen atoms in total. The number of ether oxygens (including phenoxy) is 2. The molecule has 0 spiro atoms. The lowest BCUT2D eigenvalue weighted by atomic mass is 10.1. The van der Waals surface area contributed by atoms with Crippen LogP contribution in [-0.4, -0.2) is 25.0 Å². The summed E-state index contributed by atoms with van der Waals surface area (Å²) in [6.45, 7) is 2.40. The molecular weight excluding hydrogens is 280 g/mol. The van der Waals surface area contributed by atoms with Crippen molar-refractivity contribution in [3.05, 3.63) is 65.7 Å². The summed E-state index contributed by atoms with van der Waals surface area (Å²) in [7, 11) is 0. The Kier molecular flexibility index (Phi) is 5.72. The Morgan fingerprint density at radius 3 is 2.27 bits per heavy atom. The molecule has 2 aromatic carbocycles. The Morgan fingerprint density at radius 1 is 0.955 bits per heavy atom. The van der Waals surface area contributed by atoms with Crippen LogP contribution in [0.1, 0.15) is 22.8 Å². The largest absolute Gasteiger partial charge is 0.493 e. The molecule has 0 aromatic heterocycles. The van der Waals surface area contributed by atoms with Gasteiger partial charge in [0, 0.05) is 12.0 Å². The first-order chi connectivity index (χ1) is 10.7. The summed E-state index contributed by atoms with van der Waals surface area (Å²) >= 11 is 0. The third-order valence-electron chi connectivity index (χ3n) is 3.08. The number of ketones is 1. The van der Waals surface area contributed by atoms with E-state index < -0.39 is 11.8 Å². The van der Waals surface area contributed by atoms with Crippen LogP contribution >= 0.6 is 0 Å². The third-order valence-corrected chi connectivity index (χ3v) is 3.08. The highest BCUT2D eigenvalue weighted by molar-refractivity contribution is 6.40. The number of hydrogen-bond donors (Lipinski definition) is 0. The van der Waals surface area contributed by atoms with Gasteiger partial charge >= 0.3 is 5.97 Å². The maximum absolute atomic E-state index is 11.7. The molecule has 0 unspecified atom stereocenters. The van der Waals surface area contributed by atoms with E-state index in [1.54, 1.807) is 31.2 Å². The number of rotatable bonds is 7. The zero-order valence-corrected chi connectivity index (χ0v) is 12.5. The molecule has 2 aromatic rings. The molecule has 4 heteroatoms. The van der Waals surface area contributed by atoms with E-state index in [2.05, 4.69) is 4.74 Å². The molecule has 22 heavy (non-hydrogen) atoms. The molecule has 0 saturated heterocycles. The van der Waals surface area contributed by atoms with Crippen molar-refractivity contribution < 1.29 is 19.1 Å². The first-order valence-corrected chi connectivity index (χ1v) is 7.19. The van der Waals surface area contributed by atoms with Crippen LogP contribution in [0.4, 0.5) is 0 Å². The second kappa shape index (κ2) is 7.98. The van der Waals surface area contributed by atoms with E-state index in [4.69, 9.17) is 4.74 Å². The van der Waals surface area contributed by atoms with Crippen LogP contribution in [0.5, 0.6) is 5.75 Å². The molecule has 0 N–H and O–H groups in total. The second-order valence-corrected chi connectivity index (χ2v) is 4.66. The summed E-state index contributed by atoms with van der Waals surface area (Å²) in [6, 6.07) is 16.5. The van der Waals surface area contributed by atoms with Gasteiger partial charge < -0.3 is 9.47 Å². The first-order valence-electron chi connectivity index (χ1n) is 7.19. The Morgan fingerprint density at radius 2 is 1.64 bits per heavy atom. The van der Waals surface area contributed by atoms with E-state index in [1.165, 1.54) is 5.56 Å². The van der Waals surface area contributed by atoms with Crippen molar-refractivity contribution in [3.8, 4) is 5.75 Å². The highest BCUT2D eigenvalue weighted by atomic mass is 16.5. The number of carbonyl (C=O) groups is 2. The fourth-order valence-corrected chi connectivity index (χ4v) is 1.95. The average Bonchev–Trinajstić information content (AvgIpc) is 2.56. The van der Waals surface area contributed by atoms with E-state index in [0.717, 1.165) is 6.42 Å². The molecule has 0 aliphatic carbocycles. The number of Topliss-reactive ketones (excluding diaryl/α,β-unsaturated/α-hetero) is 1. The lowest BCUT2D eigenvalue weighted by molar-refractivity contribution is -0.137. The minimum atomic E-state index is -0.833. The molecule has 114 valence electrons. The summed E-state index contributed by atoms with van der Waals surface area (Å²) in [6.07, 6.45) is 0.810. The van der Waals surface area contributed by atoms with Gasteiger partial charge in [0.05, 0.1) is 13.2 Å². The maximum atomic E-state index is 11.7. The van der Waals surface area contributed by atoms with Crippen molar-refractivity contribution in [1.29, 1.82) is 0 Å². The van der Waals surface area contributed by atoms with Crippen LogP contribution in [0.15, 0.2) is 54.6 Å². The van der Waals surface area contributed by atoms with Crippen molar-refractivity contribution in [2.75, 3.05) is 13.2 Å². The van der Waals surface area contributed by atoms with Crippen LogP contribution in [0, 0.1) is 0 Å². The zero-order valence-electron chi connectivity index (χ0n) is 12.5. The minimum absolute atomic E-state index is 0.186. The van der Waals surface area contributed by atoms with Crippen LogP contribution in [0.2, 0.25) is 0 Å². The van der Waals surface area contributed by atoms with E-state index >= 15 is 0 Å². The van der Waals surface area contributed by atoms with Gasteiger partial charge in [0.1, 0.15) is 5.75 Å². The Hall–Kier alpha value is -2.62. The monoisotopic (exact) mass is 298 g/mol. The van der Waals surface area contributed by atoms with Crippen LogP contribution in [0.25, 0.3) is 0 Å². The van der Waals surface area contributed by atoms with Gasteiger partial charge in [-0.1, -0.05) is 30.3 Å². The fraction of sp³-hybridized carbons (Fsp3) is 0.222. The molecule has 0 aliphatic heterocycles. The van der Waals surface area contributed by atoms with Crippen molar-refractivity contribution >= 4 is 11.8 Å². The van der Waals surface area contributed by atoms with Crippen molar-refractivity contribution in [1.82, 2.24) is 0 Å². The van der Waals surface area contributed by atoms with Crippen molar-refractivity contribution in [2.45, 2.75) is 13.3 Å². The standard InChI is InChI=1S/C18H18O4/c1-2-21-18(20)17(19)15-8-10-16(11-9-15)22-13-12-14-6-4-3-5-7-14/h3-11H,2,12-13H2,1H3. The predicted octanol–water partition coefficient (Wildman–Crippen LogP) is 3.05. The van der Waals surface area contributed by atoms with Gasteiger partial charge in [-0.05, 0) is 36.8 Å². The normalized spacial score (nSPS) is 10.0. The molecule has 0 saturated carbocycles. The van der Waals surface area contributed by atoms with Crippen LogP contribution < -0.4 is 4.74 Å². The van der Waals surface area contributed by atoms with Gasteiger partial charge in [0.25, 0.3) is 5.78 Å². The lowest BCUT2D eigenvalue weighted by Crippen LogP contribution is -2.17. The van der Waals surface area contributed by atoms with Crippen molar-refractivity contribution in [3.63, 3.8) is 0 Å². The number of benzene rings is 2. The van der Waals surface area contributed by atoms with E-state index in [9.17, 15) is 9.59 Å². The lowest BCUT2D eigenvalue weighted by Gasteiger charge is -2.07. The second-order valence-electron chi connectivity index (χ2n) is 4.66. The number of carbonyl (C=O) groups excluding carboxylic acids is 2. The maximum Gasteiger partial charge on any atom is 0.379 e. The van der Waals surface area contributed by atoms with Gasteiger partial charge in [0.15, 0.2) is 0 Å². The molecule has 0 atom stereocenters. The summed E-state index contributed by atoms with van der Waals surface area (Å²) in [5, 5.41) is 0. The molecular formula is C18H18O4. The molecule has 2 rings (SSSR count). The predicted molar refractivity (Wildman–Crippen MR) is 83.0 cm³/mol. The SMILES string of the molecule is CCOC(=O)C(=O)c1ccc(OCCc2ccccc2)cc1. The van der Waals surface area contributed by atoms with E-state index in [1.807, 2.05) is 30.3 Å². The summed E-state index contributed by atoms with van der Waals surface area (Å²) in [4.78, 5) is 23.1. The molecule has 0 amide bonds. The smallest absolute Gasteiger partial charge is 0.379 e. The molecule has 0 bridgehead atoms. The number of hydrogen-bond acceptors (Lipinski definition) is 4. The highest BCUT2D eigenvalue weighted by Gasteiger charge is 2.16. The van der Waals surface area contributed by atoms with Crippen molar-refractivity contribution in [2.24, 2.45) is 0 Å². The average molecular weight is 298 g/mol. The topological polar surface area (TPSA) is 52.6 Å². The van der Waals surface area contributed by atoms with Gasteiger partial charge in [-0.3, -0.25) is 4.79 Å². The van der Waals surface area contributed by atoms with Gasteiger partial charge in [-0.15, -0.1) is 0 Å². The quantitative estimate of drug-likeness (QED) is 0.448. The summed E-state index contributed by atoms with van der Waals surface area (Å²) in [5.41, 5.74) is 1.51. The van der Waals surface area contributed by atoms with Gasteiger partial charge in [0.2, 0.25) is 0 Å². The summed E-state index contributed by atoms with van der Waals surface area (Å²) < 4.78 is 10.3. The fourth-order valence-electron chi connectivity index (χ4n) is 1.95. The van der Waals surface area contributed by atoms with Gasteiger partial charge in [-0.25, -0.2) is 4.79 Å². The summed E-state index contributed by atoms with van der Waals surface area (Å²) in [5.74, 6) is -0.811. The van der Waals surface area contributed by atoms with E-state index in [-0.39, 0.29) is 6.61 Å². The molecule has 0 fully saturated rings. The first kappa shape index (κ1) is 15.8. The Bertz CT molecular complexity index is 617. The van der Waals surface area contributed by atoms with E-state index in [0.29, 0.717) is 17.9 Å². The highest BCUT2D eigenvalue weighted by Crippen LogP contribution is 2.13.